The Morgan fingerprint density at radius 2 is 1.95 bits per heavy atom. The van der Waals surface area contributed by atoms with E-state index in [0.29, 0.717) is 6.54 Å². The standard InChI is InChI=1S/C15H23ClN2O/c1-11(12-8-6-7-9-13(12)16)18(5)10-14(19)17-15(2,3)4/h6-9,11H,10H2,1-5H3,(H,17,19)/t11-/m1/s1. The van der Waals surface area contributed by atoms with Crippen LogP contribution < -0.4 is 5.32 Å². The Balaban J connectivity index is 2.66. The summed E-state index contributed by atoms with van der Waals surface area (Å²) >= 11 is 6.18. The molecule has 0 saturated carbocycles. The zero-order valence-corrected chi connectivity index (χ0v) is 13.1. The van der Waals surface area contributed by atoms with Crippen LogP contribution in [0.2, 0.25) is 5.02 Å². The van der Waals surface area contributed by atoms with Crippen LogP contribution in [0.15, 0.2) is 24.3 Å². The lowest BCUT2D eigenvalue weighted by Gasteiger charge is -2.27. The first-order valence-electron chi connectivity index (χ1n) is 6.46. The molecule has 3 nitrogen and oxygen atoms in total. The van der Waals surface area contributed by atoms with Gasteiger partial charge in [-0.15, -0.1) is 0 Å². The average molecular weight is 283 g/mol. The molecular formula is C15H23ClN2O. The molecule has 1 rings (SSSR count). The van der Waals surface area contributed by atoms with Crippen LogP contribution in [-0.2, 0) is 4.79 Å². The smallest absolute Gasteiger partial charge is 0.234 e. The summed E-state index contributed by atoms with van der Waals surface area (Å²) in [7, 11) is 1.93. The fraction of sp³-hybridized carbons (Fsp3) is 0.533. The summed E-state index contributed by atoms with van der Waals surface area (Å²) in [5.74, 6) is 0.0221. The lowest BCUT2D eigenvalue weighted by Crippen LogP contribution is -2.45. The van der Waals surface area contributed by atoms with Gasteiger partial charge in [-0.05, 0) is 46.4 Å². The Morgan fingerprint density at radius 3 is 2.47 bits per heavy atom. The van der Waals surface area contributed by atoms with Crippen LogP contribution in [0.3, 0.4) is 0 Å². The number of halogens is 1. The Morgan fingerprint density at radius 1 is 1.37 bits per heavy atom. The number of hydrogen-bond acceptors (Lipinski definition) is 2. The molecule has 1 atom stereocenters. The maximum absolute atomic E-state index is 11.9. The summed E-state index contributed by atoms with van der Waals surface area (Å²) in [5.41, 5.74) is 0.834. The fourth-order valence-electron chi connectivity index (χ4n) is 1.87. The van der Waals surface area contributed by atoms with Crippen LogP contribution >= 0.6 is 11.6 Å². The highest BCUT2D eigenvalue weighted by molar-refractivity contribution is 6.31. The lowest BCUT2D eigenvalue weighted by molar-refractivity contribution is -0.123. The molecule has 1 aromatic carbocycles. The maximum atomic E-state index is 11.9. The number of carbonyl (C=O) groups excluding carboxylic acids is 1. The second-order valence-corrected chi connectivity index (χ2v) is 6.32. The van der Waals surface area contributed by atoms with E-state index >= 15 is 0 Å². The third-order valence-corrected chi connectivity index (χ3v) is 3.27. The molecule has 0 bridgehead atoms. The topological polar surface area (TPSA) is 32.3 Å². The van der Waals surface area contributed by atoms with E-state index in [-0.39, 0.29) is 17.5 Å². The summed E-state index contributed by atoms with van der Waals surface area (Å²) in [6.45, 7) is 8.32. The van der Waals surface area contributed by atoms with Crippen LogP contribution in [0.4, 0.5) is 0 Å². The second-order valence-electron chi connectivity index (χ2n) is 5.91. The van der Waals surface area contributed by atoms with Crippen LogP contribution in [0, 0.1) is 0 Å². The minimum atomic E-state index is -0.203. The number of rotatable bonds is 4. The van der Waals surface area contributed by atoms with Crippen LogP contribution in [-0.4, -0.2) is 29.9 Å². The van der Waals surface area contributed by atoms with Gasteiger partial charge in [-0.25, -0.2) is 0 Å². The fourth-order valence-corrected chi connectivity index (χ4v) is 2.17. The van der Waals surface area contributed by atoms with E-state index in [1.807, 2.05) is 63.9 Å². The van der Waals surface area contributed by atoms with Crippen LogP contribution in [0.5, 0.6) is 0 Å². The molecule has 19 heavy (non-hydrogen) atoms. The minimum Gasteiger partial charge on any atom is -0.350 e. The third-order valence-electron chi connectivity index (χ3n) is 2.92. The molecule has 0 aliphatic carbocycles. The molecule has 1 N–H and O–H groups in total. The monoisotopic (exact) mass is 282 g/mol. The van der Waals surface area contributed by atoms with E-state index in [4.69, 9.17) is 11.6 Å². The number of likely N-dealkylation sites (N-methyl/N-ethyl adjacent to an activating group) is 1. The molecular weight excluding hydrogens is 260 g/mol. The van der Waals surface area contributed by atoms with Crippen molar-refractivity contribution in [2.45, 2.75) is 39.3 Å². The van der Waals surface area contributed by atoms with E-state index in [9.17, 15) is 4.79 Å². The summed E-state index contributed by atoms with van der Waals surface area (Å²) in [4.78, 5) is 13.9. The van der Waals surface area contributed by atoms with Crippen molar-refractivity contribution in [2.24, 2.45) is 0 Å². The number of carbonyl (C=O) groups is 1. The van der Waals surface area contributed by atoms with Gasteiger partial charge in [0.2, 0.25) is 5.91 Å². The molecule has 0 aromatic heterocycles. The third kappa shape index (κ3) is 5.21. The Hall–Kier alpha value is -1.06. The van der Waals surface area contributed by atoms with Gasteiger partial charge < -0.3 is 5.32 Å². The summed E-state index contributed by atoms with van der Waals surface area (Å²) < 4.78 is 0. The Bertz CT molecular complexity index is 440. The van der Waals surface area contributed by atoms with Crippen molar-refractivity contribution in [3.8, 4) is 0 Å². The number of nitrogens with zero attached hydrogens (tertiary/aromatic N) is 1. The zero-order valence-electron chi connectivity index (χ0n) is 12.3. The molecule has 0 fully saturated rings. The molecule has 0 saturated heterocycles. The summed E-state index contributed by atoms with van der Waals surface area (Å²) in [5, 5.41) is 3.69. The van der Waals surface area contributed by atoms with Gasteiger partial charge in [-0.3, -0.25) is 9.69 Å². The number of hydrogen-bond donors (Lipinski definition) is 1. The van der Waals surface area contributed by atoms with Gasteiger partial charge in [0.15, 0.2) is 0 Å². The molecule has 0 aliphatic heterocycles. The molecule has 106 valence electrons. The van der Waals surface area contributed by atoms with Gasteiger partial charge in [0.25, 0.3) is 0 Å². The molecule has 4 heteroatoms. The summed E-state index contributed by atoms with van der Waals surface area (Å²) in [6, 6.07) is 7.83. The van der Waals surface area contributed by atoms with E-state index in [1.165, 1.54) is 0 Å². The van der Waals surface area contributed by atoms with E-state index in [2.05, 4.69) is 5.32 Å². The molecule has 1 aromatic rings. The predicted molar refractivity (Wildman–Crippen MR) is 80.4 cm³/mol. The molecule has 0 aliphatic rings. The highest BCUT2D eigenvalue weighted by Gasteiger charge is 2.19. The zero-order chi connectivity index (χ0) is 14.6. The largest absolute Gasteiger partial charge is 0.350 e. The number of nitrogens with one attached hydrogen (secondary N) is 1. The van der Waals surface area contributed by atoms with Crippen LogP contribution in [0.25, 0.3) is 0 Å². The van der Waals surface area contributed by atoms with E-state index in [0.717, 1.165) is 10.6 Å². The maximum Gasteiger partial charge on any atom is 0.234 e. The van der Waals surface area contributed by atoms with Crippen molar-refractivity contribution in [1.82, 2.24) is 10.2 Å². The predicted octanol–water partition coefficient (Wildman–Crippen LogP) is 3.25. The summed E-state index contributed by atoms with van der Waals surface area (Å²) in [6.07, 6.45) is 0. The lowest BCUT2D eigenvalue weighted by atomic mass is 10.1. The molecule has 1 amide bonds. The minimum absolute atomic E-state index is 0.0221. The van der Waals surface area contributed by atoms with Crippen LogP contribution in [0.1, 0.15) is 39.3 Å². The van der Waals surface area contributed by atoms with Crippen molar-refractivity contribution in [3.05, 3.63) is 34.9 Å². The van der Waals surface area contributed by atoms with Gasteiger partial charge >= 0.3 is 0 Å². The molecule has 0 radical (unpaired) electrons. The number of benzene rings is 1. The normalized spacial score (nSPS) is 13.4. The Labute approximate surface area is 120 Å². The molecule has 0 heterocycles. The molecule has 0 unspecified atom stereocenters. The molecule has 0 spiro atoms. The first-order chi connectivity index (χ1) is 8.70. The second kappa shape index (κ2) is 6.40. The van der Waals surface area contributed by atoms with Crippen molar-refractivity contribution in [3.63, 3.8) is 0 Å². The highest BCUT2D eigenvalue weighted by Crippen LogP contribution is 2.25. The van der Waals surface area contributed by atoms with Crippen molar-refractivity contribution in [1.29, 1.82) is 0 Å². The highest BCUT2D eigenvalue weighted by atomic mass is 35.5. The Kier molecular flexibility index (Phi) is 5.39. The van der Waals surface area contributed by atoms with E-state index in [1.54, 1.807) is 0 Å². The first-order valence-corrected chi connectivity index (χ1v) is 6.84. The SMILES string of the molecule is C[C@H](c1ccccc1Cl)N(C)CC(=O)NC(C)(C)C. The van der Waals surface area contributed by atoms with Crippen molar-refractivity contribution in [2.75, 3.05) is 13.6 Å². The van der Waals surface area contributed by atoms with Gasteiger partial charge in [-0.1, -0.05) is 29.8 Å². The van der Waals surface area contributed by atoms with E-state index < -0.39 is 0 Å². The first kappa shape index (κ1) is 16.0. The van der Waals surface area contributed by atoms with Gasteiger partial charge in [-0.2, -0.15) is 0 Å². The quantitative estimate of drug-likeness (QED) is 0.919. The van der Waals surface area contributed by atoms with Crippen molar-refractivity contribution < 1.29 is 4.79 Å². The van der Waals surface area contributed by atoms with Gasteiger partial charge in [0.1, 0.15) is 0 Å². The van der Waals surface area contributed by atoms with Gasteiger partial charge in [0, 0.05) is 16.6 Å². The average Bonchev–Trinajstić information content (AvgIpc) is 2.26. The van der Waals surface area contributed by atoms with Gasteiger partial charge in [0.05, 0.1) is 6.54 Å². The van der Waals surface area contributed by atoms with Crippen molar-refractivity contribution >= 4 is 17.5 Å². The number of amides is 1.